The second-order valence-electron chi connectivity index (χ2n) is 4.23. The van der Waals surface area contributed by atoms with Gasteiger partial charge in [-0.3, -0.25) is 0 Å². The minimum atomic E-state index is -0.301. The third-order valence-corrected chi connectivity index (χ3v) is 2.03. The zero-order chi connectivity index (χ0) is 10.8. The molecule has 0 saturated heterocycles. The fourth-order valence-electron chi connectivity index (χ4n) is 1.14. The lowest BCUT2D eigenvalue weighted by atomic mass is 9.86. The first-order valence-electron chi connectivity index (χ1n) is 4.55. The Morgan fingerprint density at radius 1 is 1.43 bits per heavy atom. The molecule has 0 aliphatic carbocycles. The van der Waals surface area contributed by atoms with Crippen LogP contribution in [-0.2, 0) is 10.2 Å². The first kappa shape index (κ1) is 10.8. The van der Waals surface area contributed by atoms with E-state index in [0.717, 1.165) is 5.56 Å². The molecule has 0 spiro atoms. The number of rotatable bonds is 1. The molecule has 0 aliphatic heterocycles. The van der Waals surface area contributed by atoms with E-state index in [1.54, 1.807) is 12.1 Å². The molecule has 0 amide bonds. The van der Waals surface area contributed by atoms with Gasteiger partial charge in [0.15, 0.2) is 0 Å². The molecule has 0 atom stereocenters. The minimum Gasteiger partial charge on any atom is -0.465 e. The molecule has 1 radical (unpaired) electrons. The van der Waals surface area contributed by atoms with Crippen LogP contribution in [0.25, 0.3) is 0 Å². The summed E-state index contributed by atoms with van der Waals surface area (Å²) in [5.41, 5.74) is 1.60. The van der Waals surface area contributed by atoms with Gasteiger partial charge < -0.3 is 4.74 Å². The summed E-state index contributed by atoms with van der Waals surface area (Å²) in [6.45, 7) is 6.25. The first-order valence-corrected chi connectivity index (χ1v) is 4.55. The SMILES string of the molecule is COC(=O)c1cc[c]c(C(C)(C)C)c1. The van der Waals surface area contributed by atoms with Crippen LogP contribution in [0.15, 0.2) is 18.2 Å². The van der Waals surface area contributed by atoms with Gasteiger partial charge >= 0.3 is 5.97 Å². The van der Waals surface area contributed by atoms with Gasteiger partial charge in [-0.25, -0.2) is 4.79 Å². The molecule has 0 aliphatic rings. The van der Waals surface area contributed by atoms with E-state index in [1.165, 1.54) is 7.11 Å². The summed E-state index contributed by atoms with van der Waals surface area (Å²) in [6, 6.07) is 8.41. The van der Waals surface area contributed by atoms with Gasteiger partial charge in [-0.1, -0.05) is 26.8 Å². The van der Waals surface area contributed by atoms with Crippen LogP contribution in [-0.4, -0.2) is 13.1 Å². The number of hydrogen-bond acceptors (Lipinski definition) is 2. The number of benzene rings is 1. The molecule has 0 saturated carbocycles. The van der Waals surface area contributed by atoms with Crippen LogP contribution in [0.4, 0.5) is 0 Å². The lowest BCUT2D eigenvalue weighted by Crippen LogP contribution is -2.12. The fraction of sp³-hybridized carbons (Fsp3) is 0.417. The van der Waals surface area contributed by atoms with Crippen molar-refractivity contribution in [2.75, 3.05) is 7.11 Å². The van der Waals surface area contributed by atoms with E-state index in [0.29, 0.717) is 5.56 Å². The molecule has 0 bridgehead atoms. The monoisotopic (exact) mass is 191 g/mol. The molecule has 1 rings (SSSR count). The number of carbonyl (C=O) groups excluding carboxylic acids is 1. The van der Waals surface area contributed by atoms with Crippen LogP contribution in [0.1, 0.15) is 36.7 Å². The zero-order valence-electron chi connectivity index (χ0n) is 9.05. The van der Waals surface area contributed by atoms with Crippen LogP contribution >= 0.6 is 0 Å². The van der Waals surface area contributed by atoms with Crippen molar-refractivity contribution < 1.29 is 9.53 Å². The predicted octanol–water partition coefficient (Wildman–Crippen LogP) is 2.57. The highest BCUT2D eigenvalue weighted by atomic mass is 16.5. The molecule has 0 fully saturated rings. The lowest BCUT2D eigenvalue weighted by molar-refractivity contribution is 0.0600. The van der Waals surface area contributed by atoms with E-state index in [9.17, 15) is 4.79 Å². The van der Waals surface area contributed by atoms with E-state index in [4.69, 9.17) is 0 Å². The van der Waals surface area contributed by atoms with Crippen molar-refractivity contribution in [3.63, 3.8) is 0 Å². The van der Waals surface area contributed by atoms with Gasteiger partial charge in [0, 0.05) is 0 Å². The molecule has 0 N–H and O–H groups in total. The Balaban J connectivity index is 3.08. The highest BCUT2D eigenvalue weighted by Gasteiger charge is 2.15. The maximum absolute atomic E-state index is 11.3. The number of carbonyl (C=O) groups is 1. The number of esters is 1. The van der Waals surface area contributed by atoms with Crippen molar-refractivity contribution in [3.05, 3.63) is 35.4 Å². The Hall–Kier alpha value is -1.31. The van der Waals surface area contributed by atoms with Crippen LogP contribution < -0.4 is 0 Å². The summed E-state index contributed by atoms with van der Waals surface area (Å²) < 4.78 is 4.65. The summed E-state index contributed by atoms with van der Waals surface area (Å²) >= 11 is 0. The van der Waals surface area contributed by atoms with Crippen molar-refractivity contribution in [2.45, 2.75) is 26.2 Å². The molecule has 0 aromatic heterocycles. The van der Waals surface area contributed by atoms with Crippen LogP contribution in [0, 0.1) is 6.07 Å². The Morgan fingerprint density at radius 3 is 2.57 bits per heavy atom. The van der Waals surface area contributed by atoms with Crippen molar-refractivity contribution in [3.8, 4) is 0 Å². The molecule has 1 aromatic carbocycles. The van der Waals surface area contributed by atoms with Gasteiger partial charge in [-0.05, 0) is 29.2 Å². The Labute approximate surface area is 84.9 Å². The Kier molecular flexibility index (Phi) is 2.94. The molecular weight excluding hydrogens is 176 g/mol. The summed E-state index contributed by atoms with van der Waals surface area (Å²) in [6.07, 6.45) is 0. The third kappa shape index (κ3) is 2.34. The molecule has 1 aromatic rings. The molecule has 14 heavy (non-hydrogen) atoms. The Morgan fingerprint density at radius 2 is 2.07 bits per heavy atom. The maximum atomic E-state index is 11.3. The highest BCUT2D eigenvalue weighted by Crippen LogP contribution is 2.22. The van der Waals surface area contributed by atoms with Crippen molar-refractivity contribution >= 4 is 5.97 Å². The minimum absolute atomic E-state index is 0.00400. The molecule has 2 heteroatoms. The molecule has 75 valence electrons. The topological polar surface area (TPSA) is 26.3 Å². The standard InChI is InChI=1S/C12H15O2/c1-12(2,3)10-7-5-6-9(8-10)11(13)14-4/h5-6,8H,1-4H3. The number of hydrogen-bond donors (Lipinski definition) is 0. The quantitative estimate of drug-likeness (QED) is 0.638. The lowest BCUT2D eigenvalue weighted by Gasteiger charge is -2.18. The Bertz CT molecular complexity index is 334. The first-order chi connectivity index (χ1) is 6.45. The van der Waals surface area contributed by atoms with Gasteiger partial charge in [0.1, 0.15) is 0 Å². The zero-order valence-corrected chi connectivity index (χ0v) is 9.05. The van der Waals surface area contributed by atoms with E-state index >= 15 is 0 Å². The second-order valence-corrected chi connectivity index (χ2v) is 4.23. The van der Waals surface area contributed by atoms with E-state index < -0.39 is 0 Å². The molecule has 0 heterocycles. The average Bonchev–Trinajstić information content (AvgIpc) is 2.15. The molecule has 0 unspecified atom stereocenters. The normalized spacial score (nSPS) is 11.1. The summed E-state index contributed by atoms with van der Waals surface area (Å²) in [5.74, 6) is -0.301. The average molecular weight is 191 g/mol. The summed E-state index contributed by atoms with van der Waals surface area (Å²) in [5, 5.41) is 0. The predicted molar refractivity (Wildman–Crippen MR) is 55.3 cm³/mol. The van der Waals surface area contributed by atoms with Crippen molar-refractivity contribution in [1.82, 2.24) is 0 Å². The second kappa shape index (κ2) is 3.82. The van der Waals surface area contributed by atoms with E-state index in [-0.39, 0.29) is 11.4 Å². The van der Waals surface area contributed by atoms with Crippen molar-refractivity contribution in [1.29, 1.82) is 0 Å². The number of methoxy groups -OCH3 is 1. The molecular formula is C12H15O2. The summed E-state index contributed by atoms with van der Waals surface area (Å²) in [4.78, 5) is 11.3. The van der Waals surface area contributed by atoms with Gasteiger partial charge in [0.2, 0.25) is 0 Å². The highest BCUT2D eigenvalue weighted by molar-refractivity contribution is 5.89. The van der Waals surface area contributed by atoms with Crippen LogP contribution in [0.2, 0.25) is 0 Å². The third-order valence-electron chi connectivity index (χ3n) is 2.03. The van der Waals surface area contributed by atoms with E-state index in [2.05, 4.69) is 31.6 Å². The van der Waals surface area contributed by atoms with E-state index in [1.807, 2.05) is 6.07 Å². The van der Waals surface area contributed by atoms with Crippen molar-refractivity contribution in [2.24, 2.45) is 0 Å². The largest absolute Gasteiger partial charge is 0.465 e. The smallest absolute Gasteiger partial charge is 0.337 e. The van der Waals surface area contributed by atoms with Gasteiger partial charge in [-0.15, -0.1) is 0 Å². The van der Waals surface area contributed by atoms with Gasteiger partial charge in [0.25, 0.3) is 0 Å². The molecule has 2 nitrogen and oxygen atoms in total. The van der Waals surface area contributed by atoms with Crippen LogP contribution in [0.5, 0.6) is 0 Å². The number of ether oxygens (including phenoxy) is 1. The fourth-order valence-corrected chi connectivity index (χ4v) is 1.14. The van der Waals surface area contributed by atoms with Gasteiger partial charge in [0.05, 0.1) is 12.7 Å². The van der Waals surface area contributed by atoms with Crippen LogP contribution in [0.3, 0.4) is 0 Å². The summed E-state index contributed by atoms with van der Waals surface area (Å²) in [7, 11) is 1.38. The van der Waals surface area contributed by atoms with Gasteiger partial charge in [-0.2, -0.15) is 0 Å². The maximum Gasteiger partial charge on any atom is 0.337 e.